The van der Waals surface area contributed by atoms with E-state index in [2.05, 4.69) is 30.9 Å². The summed E-state index contributed by atoms with van der Waals surface area (Å²) >= 11 is 3.31. The van der Waals surface area contributed by atoms with Gasteiger partial charge < -0.3 is 0 Å². The van der Waals surface area contributed by atoms with E-state index < -0.39 is 0 Å². The fourth-order valence-corrected chi connectivity index (χ4v) is 1.40. The molecule has 0 unspecified atom stereocenters. The monoisotopic (exact) mass is 235 g/mol. The van der Waals surface area contributed by atoms with Crippen LogP contribution in [0.5, 0.6) is 0 Å². The summed E-state index contributed by atoms with van der Waals surface area (Å²) in [5, 5.41) is 0. The van der Waals surface area contributed by atoms with Gasteiger partial charge in [-0.2, -0.15) is 0 Å². The molecule has 0 saturated carbocycles. The van der Waals surface area contributed by atoms with Crippen LogP contribution in [0.15, 0.2) is 41.7 Å². The Hall–Kier alpha value is -1.29. The maximum absolute atomic E-state index is 4.04. The van der Waals surface area contributed by atoms with Crippen molar-refractivity contribution in [2.75, 3.05) is 0 Å². The molecule has 0 aliphatic rings. The first-order valence-electron chi connectivity index (χ1n) is 3.73. The summed E-state index contributed by atoms with van der Waals surface area (Å²) < 4.78 is 0.814. The quantitative estimate of drug-likeness (QED) is 0.713. The standard InChI is InChI=1S/C9H6BrN3/c10-9-3-7(1-2-13-9)8-4-11-6-12-5-8/h1-6H. The van der Waals surface area contributed by atoms with Crippen molar-refractivity contribution in [1.82, 2.24) is 15.0 Å². The topological polar surface area (TPSA) is 38.7 Å². The summed E-state index contributed by atoms with van der Waals surface area (Å²) in [6, 6.07) is 3.85. The number of hydrogen-bond donors (Lipinski definition) is 0. The van der Waals surface area contributed by atoms with Gasteiger partial charge in [0.05, 0.1) is 0 Å². The average molecular weight is 236 g/mol. The molecule has 0 atom stereocenters. The van der Waals surface area contributed by atoms with Crippen LogP contribution >= 0.6 is 15.9 Å². The second-order valence-electron chi connectivity index (χ2n) is 2.49. The molecule has 2 aromatic rings. The lowest BCUT2D eigenvalue weighted by Crippen LogP contribution is -1.82. The molecule has 0 aliphatic carbocycles. The number of halogens is 1. The van der Waals surface area contributed by atoms with E-state index in [9.17, 15) is 0 Å². The van der Waals surface area contributed by atoms with E-state index in [0.717, 1.165) is 15.7 Å². The zero-order valence-electron chi connectivity index (χ0n) is 6.68. The number of hydrogen-bond acceptors (Lipinski definition) is 3. The van der Waals surface area contributed by atoms with Crippen molar-refractivity contribution in [3.8, 4) is 11.1 Å². The number of rotatable bonds is 1. The van der Waals surface area contributed by atoms with Crippen molar-refractivity contribution in [2.45, 2.75) is 0 Å². The Morgan fingerprint density at radius 3 is 2.54 bits per heavy atom. The van der Waals surface area contributed by atoms with Gasteiger partial charge in [-0.05, 0) is 33.6 Å². The van der Waals surface area contributed by atoms with Crippen molar-refractivity contribution in [1.29, 1.82) is 0 Å². The highest BCUT2D eigenvalue weighted by molar-refractivity contribution is 9.10. The Bertz CT molecular complexity index is 403. The third-order valence-electron chi connectivity index (χ3n) is 1.62. The molecule has 0 radical (unpaired) electrons. The number of nitrogens with zero attached hydrogens (tertiary/aromatic N) is 3. The van der Waals surface area contributed by atoms with Gasteiger partial charge in [0.15, 0.2) is 0 Å². The third-order valence-corrected chi connectivity index (χ3v) is 2.05. The SMILES string of the molecule is Brc1cc(-c2cncnc2)ccn1. The lowest BCUT2D eigenvalue weighted by Gasteiger charge is -1.98. The van der Waals surface area contributed by atoms with Crippen molar-refractivity contribution in [3.05, 3.63) is 41.7 Å². The average Bonchev–Trinajstić information content (AvgIpc) is 2.19. The van der Waals surface area contributed by atoms with Crippen LogP contribution in [0, 0.1) is 0 Å². The van der Waals surface area contributed by atoms with E-state index in [1.807, 2.05) is 12.1 Å². The van der Waals surface area contributed by atoms with Gasteiger partial charge in [0.1, 0.15) is 10.9 Å². The molecule has 0 fully saturated rings. The first-order valence-corrected chi connectivity index (χ1v) is 4.52. The van der Waals surface area contributed by atoms with Gasteiger partial charge >= 0.3 is 0 Å². The van der Waals surface area contributed by atoms with Crippen molar-refractivity contribution < 1.29 is 0 Å². The summed E-state index contributed by atoms with van der Waals surface area (Å²) in [4.78, 5) is 11.9. The zero-order valence-corrected chi connectivity index (χ0v) is 8.27. The summed E-state index contributed by atoms with van der Waals surface area (Å²) in [7, 11) is 0. The molecule has 0 bridgehead atoms. The van der Waals surface area contributed by atoms with Gasteiger partial charge in [0, 0.05) is 24.2 Å². The van der Waals surface area contributed by atoms with E-state index in [4.69, 9.17) is 0 Å². The second-order valence-corrected chi connectivity index (χ2v) is 3.31. The van der Waals surface area contributed by atoms with Crippen molar-refractivity contribution in [3.63, 3.8) is 0 Å². The molecule has 0 aliphatic heterocycles. The Labute approximate surface area is 84.0 Å². The van der Waals surface area contributed by atoms with E-state index in [1.165, 1.54) is 6.33 Å². The van der Waals surface area contributed by atoms with E-state index in [1.54, 1.807) is 18.6 Å². The number of aromatic nitrogens is 3. The summed E-state index contributed by atoms with van der Waals surface area (Å²) in [5.74, 6) is 0. The smallest absolute Gasteiger partial charge is 0.115 e. The van der Waals surface area contributed by atoms with Gasteiger partial charge in [0.25, 0.3) is 0 Å². The lowest BCUT2D eigenvalue weighted by atomic mass is 10.1. The van der Waals surface area contributed by atoms with Crippen LogP contribution in [0.1, 0.15) is 0 Å². The summed E-state index contributed by atoms with van der Waals surface area (Å²) in [6.07, 6.45) is 6.80. The van der Waals surface area contributed by atoms with Crippen LogP contribution < -0.4 is 0 Å². The van der Waals surface area contributed by atoms with E-state index in [-0.39, 0.29) is 0 Å². The molecule has 0 amide bonds. The van der Waals surface area contributed by atoms with Gasteiger partial charge in [-0.1, -0.05) is 0 Å². The molecule has 13 heavy (non-hydrogen) atoms. The molecule has 0 aromatic carbocycles. The molecule has 0 N–H and O–H groups in total. The minimum Gasteiger partial charge on any atom is -0.249 e. The molecular formula is C9H6BrN3. The van der Waals surface area contributed by atoms with Crippen molar-refractivity contribution >= 4 is 15.9 Å². The molecular weight excluding hydrogens is 230 g/mol. The maximum atomic E-state index is 4.04. The summed E-state index contributed by atoms with van der Waals surface area (Å²) in [5.41, 5.74) is 2.05. The fraction of sp³-hybridized carbons (Fsp3) is 0. The fourth-order valence-electron chi connectivity index (χ4n) is 1.03. The first-order chi connectivity index (χ1) is 6.36. The lowest BCUT2D eigenvalue weighted by molar-refractivity contribution is 1.17. The number of pyridine rings is 1. The third kappa shape index (κ3) is 1.89. The van der Waals surface area contributed by atoms with Gasteiger partial charge in [-0.25, -0.2) is 15.0 Å². The predicted octanol–water partition coefficient (Wildman–Crippen LogP) is 2.30. The molecule has 2 heterocycles. The maximum Gasteiger partial charge on any atom is 0.115 e. The van der Waals surface area contributed by atoms with Crippen LogP contribution in [-0.4, -0.2) is 15.0 Å². The largest absolute Gasteiger partial charge is 0.249 e. The van der Waals surface area contributed by atoms with Crippen LogP contribution in [-0.2, 0) is 0 Å². The molecule has 2 rings (SSSR count). The van der Waals surface area contributed by atoms with Crippen LogP contribution in [0.2, 0.25) is 0 Å². The normalized spacial score (nSPS) is 9.92. The zero-order chi connectivity index (χ0) is 9.10. The van der Waals surface area contributed by atoms with Crippen molar-refractivity contribution in [2.24, 2.45) is 0 Å². The van der Waals surface area contributed by atoms with Crippen LogP contribution in [0.4, 0.5) is 0 Å². The van der Waals surface area contributed by atoms with Gasteiger partial charge in [0.2, 0.25) is 0 Å². The molecule has 64 valence electrons. The molecule has 0 spiro atoms. The van der Waals surface area contributed by atoms with Crippen LogP contribution in [0.25, 0.3) is 11.1 Å². The van der Waals surface area contributed by atoms with E-state index >= 15 is 0 Å². The second kappa shape index (κ2) is 3.62. The minimum absolute atomic E-state index is 0.814. The molecule has 4 heteroatoms. The molecule has 0 saturated heterocycles. The predicted molar refractivity (Wildman–Crippen MR) is 53.0 cm³/mol. The van der Waals surface area contributed by atoms with E-state index in [0.29, 0.717) is 0 Å². The van der Waals surface area contributed by atoms with Crippen LogP contribution in [0.3, 0.4) is 0 Å². The Morgan fingerprint density at radius 2 is 1.85 bits per heavy atom. The molecule has 2 aromatic heterocycles. The Morgan fingerprint density at radius 1 is 1.08 bits per heavy atom. The highest BCUT2D eigenvalue weighted by atomic mass is 79.9. The first kappa shape index (κ1) is 8.31. The minimum atomic E-state index is 0.814. The Balaban J connectivity index is 2.48. The van der Waals surface area contributed by atoms with Gasteiger partial charge in [-0.15, -0.1) is 0 Å². The molecule has 3 nitrogen and oxygen atoms in total. The highest BCUT2D eigenvalue weighted by Gasteiger charge is 1.97. The Kier molecular flexibility index (Phi) is 2.31. The highest BCUT2D eigenvalue weighted by Crippen LogP contribution is 2.19. The summed E-state index contributed by atoms with van der Waals surface area (Å²) in [6.45, 7) is 0. The van der Waals surface area contributed by atoms with Gasteiger partial charge in [-0.3, -0.25) is 0 Å².